The standard InChI is InChI=1S/C14H23N5O3/c1-2-18(7-8-20)12-11(15)13(17-9-16-12)19-5-3-10(4-6-19)14(21)22/h9-10,20H,2-8,15H2,1H3,(H,21,22). The number of aliphatic carboxylic acids is 1. The third-order valence-electron chi connectivity index (χ3n) is 4.04. The normalized spacial score (nSPS) is 15.8. The molecule has 0 saturated carbocycles. The van der Waals surface area contributed by atoms with Gasteiger partial charge in [-0.05, 0) is 19.8 Å². The molecule has 4 N–H and O–H groups in total. The molecular weight excluding hydrogens is 286 g/mol. The number of carbonyl (C=O) groups is 1. The highest BCUT2D eigenvalue weighted by molar-refractivity contribution is 5.76. The molecule has 0 bridgehead atoms. The van der Waals surface area contributed by atoms with Gasteiger partial charge in [0.25, 0.3) is 0 Å². The molecule has 22 heavy (non-hydrogen) atoms. The Kier molecular flexibility index (Phi) is 5.37. The molecule has 122 valence electrons. The van der Waals surface area contributed by atoms with Crippen molar-refractivity contribution in [2.45, 2.75) is 19.8 Å². The van der Waals surface area contributed by atoms with Crippen molar-refractivity contribution < 1.29 is 15.0 Å². The van der Waals surface area contributed by atoms with E-state index in [-0.39, 0.29) is 12.5 Å². The molecule has 0 unspecified atom stereocenters. The summed E-state index contributed by atoms with van der Waals surface area (Å²) in [7, 11) is 0. The maximum Gasteiger partial charge on any atom is 0.306 e. The first-order valence-corrected chi connectivity index (χ1v) is 7.52. The van der Waals surface area contributed by atoms with E-state index in [4.69, 9.17) is 15.9 Å². The number of anilines is 3. The number of carboxylic acids is 1. The van der Waals surface area contributed by atoms with Crippen molar-refractivity contribution in [1.29, 1.82) is 0 Å². The van der Waals surface area contributed by atoms with Gasteiger partial charge in [-0.1, -0.05) is 0 Å². The molecule has 0 atom stereocenters. The SMILES string of the molecule is CCN(CCO)c1ncnc(N2CCC(C(=O)O)CC2)c1N. The Hall–Kier alpha value is -2.09. The van der Waals surface area contributed by atoms with E-state index in [1.54, 1.807) is 0 Å². The number of likely N-dealkylation sites (N-methyl/N-ethyl adjacent to an activating group) is 1. The van der Waals surface area contributed by atoms with E-state index in [9.17, 15) is 4.79 Å². The van der Waals surface area contributed by atoms with Gasteiger partial charge in [0.2, 0.25) is 0 Å². The first-order chi connectivity index (χ1) is 10.6. The molecular formula is C14H23N5O3. The Morgan fingerprint density at radius 2 is 2.14 bits per heavy atom. The molecule has 0 spiro atoms. The lowest BCUT2D eigenvalue weighted by Gasteiger charge is -2.32. The second kappa shape index (κ2) is 7.26. The fourth-order valence-corrected chi connectivity index (χ4v) is 2.75. The van der Waals surface area contributed by atoms with E-state index in [1.807, 2.05) is 16.7 Å². The average molecular weight is 309 g/mol. The van der Waals surface area contributed by atoms with Crippen LogP contribution in [0.2, 0.25) is 0 Å². The van der Waals surface area contributed by atoms with E-state index in [1.165, 1.54) is 6.33 Å². The highest BCUT2D eigenvalue weighted by Crippen LogP contribution is 2.31. The summed E-state index contributed by atoms with van der Waals surface area (Å²) in [6.45, 7) is 4.36. The van der Waals surface area contributed by atoms with Crippen LogP contribution in [0.3, 0.4) is 0 Å². The summed E-state index contributed by atoms with van der Waals surface area (Å²) < 4.78 is 0. The highest BCUT2D eigenvalue weighted by Gasteiger charge is 2.27. The highest BCUT2D eigenvalue weighted by atomic mass is 16.4. The van der Waals surface area contributed by atoms with Crippen LogP contribution in [0, 0.1) is 5.92 Å². The van der Waals surface area contributed by atoms with Gasteiger partial charge in [0, 0.05) is 26.2 Å². The molecule has 0 aliphatic carbocycles. The summed E-state index contributed by atoms with van der Waals surface area (Å²) in [6.07, 6.45) is 2.63. The third-order valence-corrected chi connectivity index (χ3v) is 4.04. The smallest absolute Gasteiger partial charge is 0.306 e. The number of hydrogen-bond donors (Lipinski definition) is 3. The molecule has 0 radical (unpaired) electrons. The summed E-state index contributed by atoms with van der Waals surface area (Å²) >= 11 is 0. The zero-order valence-corrected chi connectivity index (χ0v) is 12.8. The quantitative estimate of drug-likeness (QED) is 0.681. The molecule has 1 aromatic heterocycles. The summed E-state index contributed by atoms with van der Waals surface area (Å²) in [5.74, 6) is 0.226. The Labute approximate surface area is 129 Å². The number of hydrogen-bond acceptors (Lipinski definition) is 7. The number of aliphatic hydroxyl groups is 1. The molecule has 1 aromatic rings. The number of carboxylic acid groups (broad SMARTS) is 1. The molecule has 1 fully saturated rings. The van der Waals surface area contributed by atoms with Crippen LogP contribution in [0.1, 0.15) is 19.8 Å². The zero-order valence-electron chi connectivity index (χ0n) is 12.8. The van der Waals surface area contributed by atoms with Crippen LogP contribution >= 0.6 is 0 Å². The average Bonchev–Trinajstić information content (AvgIpc) is 2.53. The van der Waals surface area contributed by atoms with Gasteiger partial charge in [0.1, 0.15) is 12.0 Å². The Balaban J connectivity index is 2.17. The maximum absolute atomic E-state index is 11.0. The van der Waals surface area contributed by atoms with Crippen LogP contribution in [0.25, 0.3) is 0 Å². The van der Waals surface area contributed by atoms with E-state index in [0.717, 1.165) is 0 Å². The molecule has 8 nitrogen and oxygen atoms in total. The van der Waals surface area contributed by atoms with Gasteiger partial charge < -0.3 is 25.7 Å². The largest absolute Gasteiger partial charge is 0.481 e. The van der Waals surface area contributed by atoms with Gasteiger partial charge in [-0.3, -0.25) is 4.79 Å². The van der Waals surface area contributed by atoms with Gasteiger partial charge in [-0.25, -0.2) is 9.97 Å². The lowest BCUT2D eigenvalue weighted by molar-refractivity contribution is -0.142. The number of rotatable bonds is 6. The fourth-order valence-electron chi connectivity index (χ4n) is 2.75. The minimum absolute atomic E-state index is 0.0244. The van der Waals surface area contributed by atoms with Crippen LogP contribution in [0.5, 0.6) is 0 Å². The van der Waals surface area contributed by atoms with Gasteiger partial charge in [-0.2, -0.15) is 0 Å². The summed E-state index contributed by atoms with van der Waals surface area (Å²) in [5, 5.41) is 18.2. The second-order valence-corrected chi connectivity index (χ2v) is 5.34. The van der Waals surface area contributed by atoms with Crippen LogP contribution in [0.4, 0.5) is 17.3 Å². The van der Waals surface area contributed by atoms with E-state index in [0.29, 0.717) is 56.3 Å². The number of piperidine rings is 1. The van der Waals surface area contributed by atoms with E-state index < -0.39 is 5.97 Å². The fraction of sp³-hybridized carbons (Fsp3) is 0.643. The Morgan fingerprint density at radius 3 is 2.68 bits per heavy atom. The lowest BCUT2D eigenvalue weighted by atomic mass is 9.97. The number of aliphatic hydroxyl groups excluding tert-OH is 1. The van der Waals surface area contributed by atoms with Crippen molar-refractivity contribution in [2.24, 2.45) is 5.92 Å². The summed E-state index contributed by atoms with van der Waals surface area (Å²) in [4.78, 5) is 23.4. The molecule has 1 saturated heterocycles. The Bertz CT molecular complexity index is 517. The van der Waals surface area contributed by atoms with Crippen molar-refractivity contribution in [2.75, 3.05) is 48.3 Å². The maximum atomic E-state index is 11.0. The van der Waals surface area contributed by atoms with E-state index >= 15 is 0 Å². The second-order valence-electron chi connectivity index (χ2n) is 5.34. The zero-order chi connectivity index (χ0) is 16.1. The van der Waals surface area contributed by atoms with Gasteiger partial charge in [0.05, 0.1) is 12.5 Å². The lowest BCUT2D eigenvalue weighted by Crippen LogP contribution is -2.37. The van der Waals surface area contributed by atoms with Crippen molar-refractivity contribution in [3.05, 3.63) is 6.33 Å². The number of nitrogen functional groups attached to an aromatic ring is 1. The van der Waals surface area contributed by atoms with Crippen molar-refractivity contribution in [3.8, 4) is 0 Å². The summed E-state index contributed by atoms with van der Waals surface area (Å²) in [5.41, 5.74) is 6.69. The molecule has 0 amide bonds. The predicted octanol–water partition coefficient (Wildman–Crippen LogP) is 0.178. The first kappa shape index (κ1) is 16.3. The van der Waals surface area contributed by atoms with Crippen LogP contribution in [-0.4, -0.2) is 58.9 Å². The topological polar surface area (TPSA) is 116 Å². The predicted molar refractivity (Wildman–Crippen MR) is 84.0 cm³/mol. The molecule has 2 heterocycles. The van der Waals surface area contributed by atoms with Gasteiger partial charge in [0.15, 0.2) is 11.6 Å². The molecule has 1 aliphatic rings. The summed E-state index contributed by atoms with van der Waals surface area (Å²) in [6, 6.07) is 0. The number of nitrogens with zero attached hydrogens (tertiary/aromatic N) is 4. The molecule has 2 rings (SSSR count). The molecule has 8 heteroatoms. The van der Waals surface area contributed by atoms with E-state index in [2.05, 4.69) is 9.97 Å². The minimum atomic E-state index is -0.740. The number of aromatic nitrogens is 2. The number of nitrogens with two attached hydrogens (primary N) is 1. The molecule has 0 aromatic carbocycles. The van der Waals surface area contributed by atoms with Crippen LogP contribution < -0.4 is 15.5 Å². The van der Waals surface area contributed by atoms with Gasteiger partial charge >= 0.3 is 5.97 Å². The monoisotopic (exact) mass is 309 g/mol. The minimum Gasteiger partial charge on any atom is -0.481 e. The van der Waals surface area contributed by atoms with Crippen molar-refractivity contribution >= 4 is 23.3 Å². The van der Waals surface area contributed by atoms with Crippen LogP contribution in [-0.2, 0) is 4.79 Å². The molecule has 1 aliphatic heterocycles. The van der Waals surface area contributed by atoms with Crippen molar-refractivity contribution in [3.63, 3.8) is 0 Å². The third kappa shape index (κ3) is 3.38. The van der Waals surface area contributed by atoms with Crippen molar-refractivity contribution in [1.82, 2.24) is 9.97 Å². The van der Waals surface area contributed by atoms with Gasteiger partial charge in [-0.15, -0.1) is 0 Å². The van der Waals surface area contributed by atoms with Crippen LogP contribution in [0.15, 0.2) is 6.33 Å². The Morgan fingerprint density at radius 1 is 1.45 bits per heavy atom. The first-order valence-electron chi connectivity index (χ1n) is 7.52.